The number of hydrogen-bond acceptors (Lipinski definition) is 4. The summed E-state index contributed by atoms with van der Waals surface area (Å²) in [6.45, 7) is 21.5. The average molecular weight is 908 g/mol. The molecule has 1 amide bonds. The van der Waals surface area contributed by atoms with Crippen LogP contribution in [0.3, 0.4) is 0 Å². The normalized spacial score (nSPS) is 14.2. The van der Waals surface area contributed by atoms with E-state index in [1.165, 1.54) is 44.8 Å². The van der Waals surface area contributed by atoms with Gasteiger partial charge >= 0.3 is 188 Å². The molecule has 0 unspecified atom stereocenters. The van der Waals surface area contributed by atoms with Crippen LogP contribution in [0.1, 0.15) is 63.1 Å². The van der Waals surface area contributed by atoms with Gasteiger partial charge in [-0.05, 0) is 63.8 Å². The van der Waals surface area contributed by atoms with E-state index in [0.29, 0.717) is 17.0 Å². The summed E-state index contributed by atoms with van der Waals surface area (Å²) in [5, 5.41) is 2.88. The van der Waals surface area contributed by atoms with Gasteiger partial charge in [-0.3, -0.25) is 0 Å². The summed E-state index contributed by atoms with van der Waals surface area (Å²) in [5.41, 5.74) is 12.9. The number of nitrogens with one attached hydrogen (secondary N) is 1. The average Bonchev–Trinajstić information content (AvgIpc) is 3.45. The van der Waals surface area contributed by atoms with Gasteiger partial charge in [0, 0.05) is 24.5 Å². The van der Waals surface area contributed by atoms with Gasteiger partial charge < -0.3 is 9.80 Å². The molecule has 3 aromatic carbocycles. The Bertz CT molecular complexity index is 1890. The van der Waals surface area contributed by atoms with Crippen molar-refractivity contribution in [2.24, 2.45) is 7.05 Å². The molecule has 0 bridgehead atoms. The maximum atomic E-state index is 12.3. The molecule has 1 aromatic heterocycles. The van der Waals surface area contributed by atoms with E-state index in [-0.39, 0.29) is 12.0 Å². The Balaban J connectivity index is 0.000000247. The molecule has 5 rings (SSSR count). The van der Waals surface area contributed by atoms with Crippen LogP contribution in [0.4, 0.5) is 42.2 Å². The second-order valence-corrected chi connectivity index (χ2v) is 21.0. The number of ether oxygens (including phenoxy) is 1. The van der Waals surface area contributed by atoms with Gasteiger partial charge in [0.2, 0.25) is 0 Å². The Morgan fingerprint density at radius 2 is 1.24 bits per heavy atom. The van der Waals surface area contributed by atoms with Gasteiger partial charge in [0.1, 0.15) is 0 Å². The summed E-state index contributed by atoms with van der Waals surface area (Å²) in [4.78, 5) is 17.1. The number of hydrogen-bond donors (Lipinski definition) is 1. The maximum absolute atomic E-state index is 12.3. The van der Waals surface area contributed by atoms with Crippen LogP contribution in [-0.4, -0.2) is 29.7 Å². The predicted molar refractivity (Wildman–Crippen MR) is 209 cm³/mol. The number of pyridine rings is 1. The van der Waals surface area contributed by atoms with Crippen molar-refractivity contribution in [1.29, 1.82) is 0 Å². The molecule has 300 valence electrons. The van der Waals surface area contributed by atoms with Crippen molar-refractivity contribution in [2.75, 3.05) is 28.2 Å². The first-order valence-corrected chi connectivity index (χ1v) is 24.2. The van der Waals surface area contributed by atoms with Crippen molar-refractivity contribution < 1.29 is 52.8 Å². The Labute approximate surface area is 326 Å². The number of rotatable bonds is 7. The number of aromatic nitrogens is 1. The third kappa shape index (κ3) is 15.5. The van der Waals surface area contributed by atoms with Gasteiger partial charge in [0.15, 0.2) is 0 Å². The van der Waals surface area contributed by atoms with E-state index >= 15 is 0 Å². The fourth-order valence-electron chi connectivity index (χ4n) is 6.10. The molecule has 0 spiro atoms. The second-order valence-electron chi connectivity index (χ2n) is 13.4. The summed E-state index contributed by atoms with van der Waals surface area (Å²) in [5.74, 6) is 0.528. The van der Waals surface area contributed by atoms with Crippen LogP contribution in [0.25, 0.3) is 0 Å². The molecule has 1 fully saturated rings. The zero-order valence-electron chi connectivity index (χ0n) is 31.5. The SMILES string of the molecule is CC(C)Oc1ccc(NC(=O)c2cc[n+](C)cc2)cc1[CH]=[Ru]([Cl])[Cl].Cc1cc(C)c(N2[CH-]N(c3c(C)cc(C)cc3C)CC2)c(C)c1.F[P-](F)(F)(F)(F)F. The number of halogens is 8. The molecule has 0 radical (unpaired) electrons. The van der Waals surface area contributed by atoms with Crippen LogP contribution in [0.2, 0.25) is 0 Å². The summed E-state index contributed by atoms with van der Waals surface area (Å²) < 4.78 is 68.6. The molecule has 6 nitrogen and oxygen atoms in total. The van der Waals surface area contributed by atoms with Crippen LogP contribution in [0.15, 0.2) is 67.0 Å². The predicted octanol–water partition coefficient (Wildman–Crippen LogP) is 12.0. The summed E-state index contributed by atoms with van der Waals surface area (Å²) in [6, 6.07) is 18.1. The quantitative estimate of drug-likeness (QED) is 0.0660. The minimum absolute atomic E-state index is 0.0361. The van der Waals surface area contributed by atoms with Gasteiger partial charge in [-0.2, -0.15) is 6.67 Å². The Kier molecular flexibility index (Phi) is 14.4. The molecule has 2 heterocycles. The fraction of sp³-hybridized carbons (Fsp3) is 0.316. The Hall–Kier alpha value is -3.24. The van der Waals surface area contributed by atoms with Crippen molar-refractivity contribution in [3.05, 3.63) is 118 Å². The molecule has 0 atom stereocenters. The summed E-state index contributed by atoms with van der Waals surface area (Å²) in [7, 11) is 3.24. The van der Waals surface area contributed by atoms with Crippen LogP contribution in [-0.2, 0) is 20.6 Å². The van der Waals surface area contributed by atoms with Crippen molar-refractivity contribution in [1.82, 2.24) is 0 Å². The molecule has 16 heteroatoms. The standard InChI is InChI=1S/C21H27N2.C17H18N2O2.2ClH.F6P.Ru/c1-14-9-16(3)20(17(4)10-14)22-7-8-23(13-22)21-18(5)11-15(2)12-19(21)6;1-12(2)21-16-6-5-15(11-13(16)3)18-17(20)14-7-9-19(4)10-8-14;;;1-7(2,3,4,5)6;/h9-13H,7-8H2,1-6H3;3,5-12H,1-2,4H3;2*1H;;/q-1;;;;-1;+2/p-1. The van der Waals surface area contributed by atoms with Crippen molar-refractivity contribution in [2.45, 2.75) is 61.5 Å². The topological polar surface area (TPSA) is 48.7 Å². The number of carbonyl (C=O) groups excluding carboxylic acids is 1. The van der Waals surface area contributed by atoms with E-state index in [0.717, 1.165) is 18.7 Å². The van der Waals surface area contributed by atoms with Crippen molar-refractivity contribution in [3.63, 3.8) is 0 Å². The first-order chi connectivity index (χ1) is 24.7. The van der Waals surface area contributed by atoms with E-state index in [1.807, 2.05) is 54.6 Å². The number of aryl methyl sites for hydroxylation is 7. The van der Waals surface area contributed by atoms with E-state index in [4.69, 9.17) is 24.1 Å². The van der Waals surface area contributed by atoms with Gasteiger partial charge in [0.25, 0.3) is 0 Å². The molecule has 1 aliphatic heterocycles. The number of nitrogens with zero attached hydrogens (tertiary/aromatic N) is 3. The zero-order valence-corrected chi connectivity index (χ0v) is 35.6. The third-order valence-electron chi connectivity index (χ3n) is 7.76. The van der Waals surface area contributed by atoms with E-state index < -0.39 is 21.3 Å². The van der Waals surface area contributed by atoms with E-state index in [9.17, 15) is 30.0 Å². The summed E-state index contributed by atoms with van der Waals surface area (Å²) >= 11 is -2.01. The molecule has 0 aliphatic carbocycles. The first kappa shape index (κ1) is 45.2. The van der Waals surface area contributed by atoms with Crippen molar-refractivity contribution in [3.8, 4) is 5.75 Å². The molecule has 1 saturated heterocycles. The molecule has 0 saturated carbocycles. The van der Waals surface area contributed by atoms with Crippen molar-refractivity contribution >= 4 is 54.8 Å². The number of amides is 1. The number of anilines is 3. The minimum atomic E-state index is -10.7. The number of benzene rings is 3. The molecule has 54 heavy (non-hydrogen) atoms. The third-order valence-corrected chi connectivity index (χ3v) is 9.60. The van der Waals surface area contributed by atoms with Crippen LogP contribution in [0, 0.1) is 48.2 Å². The molecule has 1 aliphatic rings. The van der Waals surface area contributed by atoms with Crippen LogP contribution < -0.4 is 24.4 Å². The molecular weight excluding hydrogens is 861 g/mol. The fourth-order valence-corrected chi connectivity index (χ4v) is 7.88. The van der Waals surface area contributed by atoms with Crippen LogP contribution in [0.5, 0.6) is 5.75 Å². The van der Waals surface area contributed by atoms with Gasteiger partial charge in [-0.15, -0.1) is 0 Å². The Morgan fingerprint density at radius 3 is 1.63 bits per heavy atom. The Morgan fingerprint density at radius 1 is 0.815 bits per heavy atom. The van der Waals surface area contributed by atoms with E-state index in [2.05, 4.69) is 87.6 Å². The summed E-state index contributed by atoms with van der Waals surface area (Å²) in [6.07, 6.45) is 3.69. The van der Waals surface area contributed by atoms with Gasteiger partial charge in [-0.1, -0.05) is 35.4 Å². The molecule has 4 aromatic rings. The zero-order chi connectivity index (χ0) is 40.8. The molecular formula is C38H46Cl2F6N4O2PRu-. The first-order valence-electron chi connectivity index (χ1n) is 16.7. The monoisotopic (exact) mass is 907 g/mol. The van der Waals surface area contributed by atoms with Gasteiger partial charge in [-0.25, -0.2) is 0 Å². The van der Waals surface area contributed by atoms with Gasteiger partial charge in [0.05, 0.1) is 0 Å². The van der Waals surface area contributed by atoms with Crippen LogP contribution >= 0.6 is 27.2 Å². The van der Waals surface area contributed by atoms with E-state index in [1.54, 1.807) is 18.2 Å². The molecule has 1 N–H and O–H groups in total. The second kappa shape index (κ2) is 17.3. The number of carbonyl (C=O) groups is 1.